The van der Waals surface area contributed by atoms with Crippen molar-refractivity contribution in [1.29, 1.82) is 0 Å². The summed E-state index contributed by atoms with van der Waals surface area (Å²) in [5.74, 6) is -3.53. The fourth-order valence-electron chi connectivity index (χ4n) is 2.01. The minimum atomic E-state index is -2.69. The second-order valence-electron chi connectivity index (χ2n) is 4.18. The first kappa shape index (κ1) is 11.3. The summed E-state index contributed by atoms with van der Waals surface area (Å²) in [5.41, 5.74) is 0.329. The number of rotatable bonds is 1. The van der Waals surface area contributed by atoms with Gasteiger partial charge in [-0.05, 0) is 5.56 Å². The van der Waals surface area contributed by atoms with E-state index in [9.17, 15) is 13.6 Å². The molecule has 5 heteroatoms. The smallest absolute Gasteiger partial charge is 0.257 e. The molecule has 0 bridgehead atoms. The number of pyridine rings is 1. The highest BCUT2D eigenvalue weighted by Gasteiger charge is 2.42. The highest BCUT2D eigenvalue weighted by Crippen LogP contribution is 2.37. The fourth-order valence-corrected chi connectivity index (χ4v) is 2.01. The van der Waals surface area contributed by atoms with E-state index in [0.717, 1.165) is 0 Å². The van der Waals surface area contributed by atoms with Crippen molar-refractivity contribution in [2.24, 2.45) is 7.05 Å². The monoisotopic (exact) mass is 228 g/mol. The van der Waals surface area contributed by atoms with E-state index >= 15 is 0 Å². The Bertz CT molecular complexity index is 442. The van der Waals surface area contributed by atoms with Gasteiger partial charge in [0.25, 0.3) is 5.92 Å². The summed E-state index contributed by atoms with van der Waals surface area (Å²) >= 11 is 0. The van der Waals surface area contributed by atoms with E-state index in [1.807, 2.05) is 0 Å². The summed E-state index contributed by atoms with van der Waals surface area (Å²) in [6.07, 6.45) is 1.34. The molecule has 0 spiro atoms. The Morgan fingerprint density at radius 3 is 2.88 bits per heavy atom. The lowest BCUT2D eigenvalue weighted by Crippen LogP contribution is -2.43. The number of aryl methyl sites for hydroxylation is 1. The van der Waals surface area contributed by atoms with Crippen LogP contribution >= 0.6 is 0 Å². The number of piperidine rings is 1. The van der Waals surface area contributed by atoms with Crippen molar-refractivity contribution in [3.63, 3.8) is 0 Å². The average Bonchev–Trinajstić information content (AvgIpc) is 2.22. The van der Waals surface area contributed by atoms with Crippen molar-refractivity contribution in [1.82, 2.24) is 9.88 Å². The van der Waals surface area contributed by atoms with Crippen LogP contribution in [0.3, 0.4) is 0 Å². The maximum atomic E-state index is 13.7. The van der Waals surface area contributed by atoms with Crippen LogP contribution in [0.5, 0.6) is 0 Å². The molecule has 1 atom stereocenters. The van der Waals surface area contributed by atoms with Crippen LogP contribution < -0.4 is 10.9 Å². The zero-order valence-corrected chi connectivity index (χ0v) is 9.04. The van der Waals surface area contributed by atoms with Crippen molar-refractivity contribution in [2.75, 3.05) is 13.1 Å². The van der Waals surface area contributed by atoms with Crippen molar-refractivity contribution in [3.8, 4) is 0 Å². The molecule has 1 aromatic heterocycles. The number of halogens is 2. The molecule has 0 aliphatic carbocycles. The van der Waals surface area contributed by atoms with Crippen molar-refractivity contribution >= 4 is 0 Å². The Kier molecular flexibility index (Phi) is 2.80. The predicted octanol–water partition coefficient (Wildman–Crippen LogP) is 1.10. The molecule has 0 aromatic carbocycles. The van der Waals surface area contributed by atoms with Crippen LogP contribution in [0.2, 0.25) is 0 Å². The first-order valence-electron chi connectivity index (χ1n) is 5.26. The molecule has 88 valence electrons. The number of aromatic nitrogens is 1. The van der Waals surface area contributed by atoms with Gasteiger partial charge in [-0.25, -0.2) is 8.78 Å². The summed E-state index contributed by atoms with van der Waals surface area (Å²) in [7, 11) is 1.57. The maximum Gasteiger partial charge on any atom is 0.257 e. The van der Waals surface area contributed by atoms with Crippen LogP contribution in [0.15, 0.2) is 23.1 Å². The summed E-state index contributed by atoms with van der Waals surface area (Å²) in [6.45, 7) is 0.598. The van der Waals surface area contributed by atoms with Crippen LogP contribution in [0, 0.1) is 0 Å². The third-order valence-corrected chi connectivity index (χ3v) is 3.00. The van der Waals surface area contributed by atoms with Crippen LogP contribution in [0.1, 0.15) is 17.9 Å². The molecule has 3 nitrogen and oxygen atoms in total. The summed E-state index contributed by atoms with van der Waals surface area (Å²) in [6, 6.07) is 2.83. The van der Waals surface area contributed by atoms with Gasteiger partial charge in [0.1, 0.15) is 0 Å². The van der Waals surface area contributed by atoms with Crippen LogP contribution in [0.25, 0.3) is 0 Å². The maximum absolute atomic E-state index is 13.7. The minimum Gasteiger partial charge on any atom is -0.318 e. The van der Waals surface area contributed by atoms with Crippen molar-refractivity contribution in [3.05, 3.63) is 34.2 Å². The van der Waals surface area contributed by atoms with Gasteiger partial charge < -0.3 is 9.88 Å². The number of hydrogen-bond donors (Lipinski definition) is 1. The Hall–Kier alpha value is -1.23. The van der Waals surface area contributed by atoms with E-state index < -0.39 is 11.8 Å². The predicted molar refractivity (Wildman–Crippen MR) is 56.9 cm³/mol. The molecule has 1 N–H and O–H groups in total. The molecular formula is C11H14F2N2O. The molecule has 2 heterocycles. The number of alkyl halides is 2. The molecule has 2 rings (SSSR count). The summed E-state index contributed by atoms with van der Waals surface area (Å²) < 4.78 is 28.7. The third kappa shape index (κ3) is 2.00. The van der Waals surface area contributed by atoms with Crippen LogP contribution in [-0.4, -0.2) is 23.6 Å². The highest BCUT2D eigenvalue weighted by atomic mass is 19.3. The zero-order chi connectivity index (χ0) is 11.8. The second-order valence-corrected chi connectivity index (χ2v) is 4.18. The fraction of sp³-hybridized carbons (Fsp3) is 0.545. The van der Waals surface area contributed by atoms with Gasteiger partial charge in [-0.15, -0.1) is 0 Å². The molecule has 0 amide bonds. The van der Waals surface area contributed by atoms with Crippen LogP contribution in [0.4, 0.5) is 8.78 Å². The first-order valence-corrected chi connectivity index (χ1v) is 5.26. The van der Waals surface area contributed by atoms with E-state index in [0.29, 0.717) is 12.1 Å². The Labute approximate surface area is 92.1 Å². The average molecular weight is 228 g/mol. The lowest BCUT2D eigenvalue weighted by molar-refractivity contribution is -0.0480. The van der Waals surface area contributed by atoms with Gasteiger partial charge in [-0.1, -0.05) is 6.07 Å². The summed E-state index contributed by atoms with van der Waals surface area (Å²) in [5, 5.41) is 2.96. The van der Waals surface area contributed by atoms with Crippen molar-refractivity contribution < 1.29 is 8.78 Å². The minimum absolute atomic E-state index is 0.152. The Morgan fingerprint density at radius 2 is 2.25 bits per heavy atom. The molecule has 1 fully saturated rings. The molecule has 1 saturated heterocycles. The zero-order valence-electron chi connectivity index (χ0n) is 9.04. The second kappa shape index (κ2) is 3.97. The summed E-state index contributed by atoms with van der Waals surface area (Å²) in [4.78, 5) is 11.2. The quantitative estimate of drug-likeness (QED) is 0.781. The van der Waals surface area contributed by atoms with Gasteiger partial charge in [-0.2, -0.15) is 0 Å². The molecule has 1 aromatic rings. The van der Waals surface area contributed by atoms with Gasteiger partial charge >= 0.3 is 0 Å². The van der Waals surface area contributed by atoms with E-state index in [1.54, 1.807) is 7.05 Å². The van der Waals surface area contributed by atoms with E-state index in [2.05, 4.69) is 5.32 Å². The number of nitrogens with one attached hydrogen (secondary N) is 1. The number of hydrogen-bond acceptors (Lipinski definition) is 2. The Morgan fingerprint density at radius 1 is 1.50 bits per heavy atom. The van der Waals surface area contributed by atoms with Gasteiger partial charge in [-0.3, -0.25) is 4.79 Å². The number of nitrogens with zero attached hydrogens (tertiary/aromatic N) is 1. The Balaban J connectivity index is 2.35. The van der Waals surface area contributed by atoms with Crippen molar-refractivity contribution in [2.45, 2.75) is 18.3 Å². The van der Waals surface area contributed by atoms with E-state index in [4.69, 9.17) is 0 Å². The lowest BCUT2D eigenvalue weighted by atomic mass is 9.89. The highest BCUT2D eigenvalue weighted by molar-refractivity contribution is 5.20. The van der Waals surface area contributed by atoms with Gasteiger partial charge in [0.15, 0.2) is 0 Å². The SMILES string of the molecule is Cn1cc([C@H]2CNCCC2(F)F)ccc1=O. The van der Waals surface area contributed by atoms with Gasteiger partial charge in [0, 0.05) is 38.8 Å². The third-order valence-electron chi connectivity index (χ3n) is 3.00. The topological polar surface area (TPSA) is 34.0 Å². The van der Waals surface area contributed by atoms with Crippen LogP contribution in [-0.2, 0) is 7.05 Å². The molecular weight excluding hydrogens is 214 g/mol. The van der Waals surface area contributed by atoms with Gasteiger partial charge in [0.2, 0.25) is 5.56 Å². The molecule has 1 aliphatic heterocycles. The molecule has 0 saturated carbocycles. The molecule has 16 heavy (non-hydrogen) atoms. The first-order chi connectivity index (χ1) is 7.50. The lowest BCUT2D eigenvalue weighted by Gasteiger charge is -2.32. The van der Waals surface area contributed by atoms with E-state index in [1.165, 1.54) is 22.9 Å². The standard InChI is InChI=1S/C11H14F2N2O/c1-15-7-8(2-3-10(15)16)9-6-14-5-4-11(9,12)13/h2-3,7,9,14H,4-6H2,1H3/t9-/m1/s1. The van der Waals surface area contributed by atoms with E-state index in [-0.39, 0.29) is 18.5 Å². The molecule has 0 unspecified atom stereocenters. The molecule has 0 radical (unpaired) electrons. The molecule has 1 aliphatic rings. The van der Waals surface area contributed by atoms with Gasteiger partial charge in [0.05, 0.1) is 5.92 Å². The largest absolute Gasteiger partial charge is 0.318 e. The normalized spacial score (nSPS) is 24.3.